The smallest absolute Gasteiger partial charge is 0.0677 e. The Morgan fingerprint density at radius 1 is 1.55 bits per heavy atom. The molecule has 0 radical (unpaired) electrons. The lowest BCUT2D eigenvalue weighted by atomic mass is 9.73. The molecule has 4 nitrogen and oxygen atoms in total. The SMILES string of the molecule is COC[C@@]12CCCO[C@@H]1CCN(Cc1cccnc1)C2. The molecule has 2 fully saturated rings. The Morgan fingerprint density at radius 2 is 2.50 bits per heavy atom. The van der Waals surface area contributed by atoms with Gasteiger partial charge in [0, 0.05) is 51.2 Å². The first-order chi connectivity index (χ1) is 9.82. The van der Waals surface area contributed by atoms with Crippen molar-refractivity contribution in [3.8, 4) is 0 Å². The first-order valence-electron chi connectivity index (χ1n) is 7.54. The predicted octanol–water partition coefficient (Wildman–Crippen LogP) is 2.10. The number of aromatic nitrogens is 1. The van der Waals surface area contributed by atoms with Crippen LogP contribution in [0.2, 0.25) is 0 Å². The van der Waals surface area contributed by atoms with Crippen LogP contribution < -0.4 is 0 Å². The van der Waals surface area contributed by atoms with Crippen LogP contribution in [0.25, 0.3) is 0 Å². The summed E-state index contributed by atoms with van der Waals surface area (Å²) in [5.74, 6) is 0. The second-order valence-electron chi connectivity index (χ2n) is 6.12. The summed E-state index contributed by atoms with van der Waals surface area (Å²) >= 11 is 0. The van der Waals surface area contributed by atoms with E-state index in [1.165, 1.54) is 12.0 Å². The van der Waals surface area contributed by atoms with Crippen molar-refractivity contribution >= 4 is 0 Å². The summed E-state index contributed by atoms with van der Waals surface area (Å²) in [5, 5.41) is 0. The summed E-state index contributed by atoms with van der Waals surface area (Å²) in [4.78, 5) is 6.74. The topological polar surface area (TPSA) is 34.6 Å². The molecule has 0 bridgehead atoms. The van der Waals surface area contributed by atoms with Crippen LogP contribution in [0.1, 0.15) is 24.8 Å². The number of fused-ring (bicyclic) bond motifs is 1. The highest BCUT2D eigenvalue weighted by Gasteiger charge is 2.45. The molecule has 0 aliphatic carbocycles. The Kier molecular flexibility index (Phi) is 4.34. The number of hydrogen-bond acceptors (Lipinski definition) is 4. The van der Waals surface area contributed by atoms with Gasteiger partial charge in [-0.1, -0.05) is 6.07 Å². The molecular formula is C16H24N2O2. The van der Waals surface area contributed by atoms with E-state index in [-0.39, 0.29) is 5.41 Å². The fourth-order valence-corrected chi connectivity index (χ4v) is 3.77. The molecule has 3 heterocycles. The normalized spacial score (nSPS) is 30.9. The van der Waals surface area contributed by atoms with Gasteiger partial charge in [-0.15, -0.1) is 0 Å². The van der Waals surface area contributed by atoms with Crippen molar-refractivity contribution in [3.63, 3.8) is 0 Å². The molecule has 110 valence electrons. The highest BCUT2D eigenvalue weighted by Crippen LogP contribution is 2.40. The van der Waals surface area contributed by atoms with Crippen molar-refractivity contribution in [2.75, 3.05) is 33.4 Å². The summed E-state index contributed by atoms with van der Waals surface area (Å²) in [6.45, 7) is 4.87. The molecule has 0 amide bonds. The molecule has 2 aliphatic rings. The van der Waals surface area contributed by atoms with Crippen molar-refractivity contribution < 1.29 is 9.47 Å². The van der Waals surface area contributed by atoms with Crippen LogP contribution in [0.3, 0.4) is 0 Å². The standard InChI is InChI=1S/C16H24N2O2/c1-19-13-16-6-3-9-20-15(16)5-8-18(12-16)11-14-4-2-7-17-10-14/h2,4,7,10,15H,3,5-6,8-9,11-13H2,1H3/t15-,16+/m1/s1. The third kappa shape index (κ3) is 2.87. The zero-order chi connectivity index (χ0) is 13.8. The van der Waals surface area contributed by atoms with E-state index in [2.05, 4.69) is 16.0 Å². The summed E-state index contributed by atoms with van der Waals surface area (Å²) < 4.78 is 11.5. The van der Waals surface area contributed by atoms with Gasteiger partial charge in [0.05, 0.1) is 12.7 Å². The quantitative estimate of drug-likeness (QED) is 0.843. The molecule has 0 aromatic carbocycles. The van der Waals surface area contributed by atoms with E-state index in [0.29, 0.717) is 6.10 Å². The average Bonchev–Trinajstić information content (AvgIpc) is 2.48. The van der Waals surface area contributed by atoms with Gasteiger partial charge >= 0.3 is 0 Å². The Bertz CT molecular complexity index is 422. The number of pyridine rings is 1. The predicted molar refractivity (Wildman–Crippen MR) is 77.4 cm³/mol. The molecule has 1 aromatic rings. The van der Waals surface area contributed by atoms with Gasteiger partial charge in [0.25, 0.3) is 0 Å². The van der Waals surface area contributed by atoms with Crippen LogP contribution in [0, 0.1) is 5.41 Å². The maximum atomic E-state index is 6.02. The number of rotatable bonds is 4. The van der Waals surface area contributed by atoms with Gasteiger partial charge in [0.1, 0.15) is 0 Å². The van der Waals surface area contributed by atoms with Crippen LogP contribution in [0.15, 0.2) is 24.5 Å². The highest BCUT2D eigenvalue weighted by atomic mass is 16.5. The summed E-state index contributed by atoms with van der Waals surface area (Å²) in [5.41, 5.74) is 1.48. The van der Waals surface area contributed by atoms with E-state index < -0.39 is 0 Å². The van der Waals surface area contributed by atoms with Crippen molar-refractivity contribution in [2.24, 2.45) is 5.41 Å². The summed E-state index contributed by atoms with van der Waals surface area (Å²) in [7, 11) is 1.81. The Balaban J connectivity index is 1.70. The van der Waals surface area contributed by atoms with Gasteiger partial charge in [-0.05, 0) is 30.9 Å². The first-order valence-corrected chi connectivity index (χ1v) is 7.54. The molecule has 0 spiro atoms. The number of hydrogen-bond donors (Lipinski definition) is 0. The lowest BCUT2D eigenvalue weighted by Crippen LogP contribution is -2.56. The largest absolute Gasteiger partial charge is 0.384 e. The van der Waals surface area contributed by atoms with Gasteiger partial charge in [-0.2, -0.15) is 0 Å². The van der Waals surface area contributed by atoms with Gasteiger partial charge < -0.3 is 9.47 Å². The van der Waals surface area contributed by atoms with Crippen LogP contribution >= 0.6 is 0 Å². The van der Waals surface area contributed by atoms with E-state index in [9.17, 15) is 0 Å². The van der Waals surface area contributed by atoms with E-state index >= 15 is 0 Å². The minimum atomic E-state index is 0.188. The number of methoxy groups -OCH3 is 1. The van der Waals surface area contributed by atoms with Crippen LogP contribution in [0.5, 0.6) is 0 Å². The third-order valence-corrected chi connectivity index (χ3v) is 4.63. The summed E-state index contributed by atoms with van der Waals surface area (Å²) in [6.07, 6.45) is 7.66. The van der Waals surface area contributed by atoms with E-state index in [1.807, 2.05) is 18.5 Å². The van der Waals surface area contributed by atoms with Gasteiger partial charge in [-0.3, -0.25) is 9.88 Å². The number of likely N-dealkylation sites (tertiary alicyclic amines) is 1. The molecule has 0 unspecified atom stereocenters. The minimum absolute atomic E-state index is 0.188. The van der Waals surface area contributed by atoms with Crippen LogP contribution in [-0.2, 0) is 16.0 Å². The Labute approximate surface area is 121 Å². The third-order valence-electron chi connectivity index (χ3n) is 4.63. The van der Waals surface area contributed by atoms with Crippen molar-refractivity contribution in [1.29, 1.82) is 0 Å². The zero-order valence-corrected chi connectivity index (χ0v) is 12.3. The van der Waals surface area contributed by atoms with E-state index in [4.69, 9.17) is 9.47 Å². The van der Waals surface area contributed by atoms with E-state index in [0.717, 1.165) is 45.7 Å². The fourth-order valence-electron chi connectivity index (χ4n) is 3.77. The molecule has 0 N–H and O–H groups in total. The van der Waals surface area contributed by atoms with Gasteiger partial charge in [0.15, 0.2) is 0 Å². The van der Waals surface area contributed by atoms with Crippen molar-refractivity contribution in [3.05, 3.63) is 30.1 Å². The van der Waals surface area contributed by atoms with Crippen molar-refractivity contribution in [2.45, 2.75) is 31.9 Å². The highest BCUT2D eigenvalue weighted by molar-refractivity contribution is 5.09. The first kappa shape index (κ1) is 14.0. The second-order valence-corrected chi connectivity index (χ2v) is 6.12. The lowest BCUT2D eigenvalue weighted by molar-refractivity contribution is -0.149. The lowest BCUT2D eigenvalue weighted by Gasteiger charge is -2.50. The molecular weight excluding hydrogens is 252 g/mol. The number of ether oxygens (including phenoxy) is 2. The molecule has 0 saturated carbocycles. The molecule has 2 saturated heterocycles. The molecule has 1 aromatic heterocycles. The summed E-state index contributed by atoms with van der Waals surface area (Å²) in [6, 6.07) is 4.16. The van der Waals surface area contributed by atoms with Crippen LogP contribution in [0.4, 0.5) is 0 Å². The van der Waals surface area contributed by atoms with Crippen LogP contribution in [-0.4, -0.2) is 49.4 Å². The maximum Gasteiger partial charge on any atom is 0.0677 e. The molecule has 2 aliphatic heterocycles. The van der Waals surface area contributed by atoms with E-state index in [1.54, 1.807) is 7.11 Å². The Morgan fingerprint density at radius 3 is 3.30 bits per heavy atom. The maximum absolute atomic E-state index is 6.02. The average molecular weight is 276 g/mol. The molecule has 4 heteroatoms. The monoisotopic (exact) mass is 276 g/mol. The second kappa shape index (κ2) is 6.20. The van der Waals surface area contributed by atoms with Gasteiger partial charge in [-0.25, -0.2) is 0 Å². The fraction of sp³-hybridized carbons (Fsp3) is 0.688. The van der Waals surface area contributed by atoms with Crippen molar-refractivity contribution in [1.82, 2.24) is 9.88 Å². The zero-order valence-electron chi connectivity index (χ0n) is 12.3. The number of nitrogens with zero attached hydrogens (tertiary/aromatic N) is 2. The Hall–Kier alpha value is -0.970. The molecule has 2 atom stereocenters. The number of piperidine rings is 1. The molecule has 20 heavy (non-hydrogen) atoms. The molecule has 3 rings (SSSR count). The van der Waals surface area contributed by atoms with Gasteiger partial charge in [0.2, 0.25) is 0 Å². The minimum Gasteiger partial charge on any atom is -0.384 e.